The minimum absolute atomic E-state index is 0.0491. The van der Waals surface area contributed by atoms with E-state index in [2.05, 4.69) is 20.9 Å². The van der Waals surface area contributed by atoms with Gasteiger partial charge in [-0.05, 0) is 31.4 Å². The first-order valence-corrected chi connectivity index (χ1v) is 11.0. The standard InChI is InChI=1S/C23H33N5O6/c1-11(2)19(28-20(30)12(3)26-21(31)18(24)13(4)29)22(32)27-17(23(33)34)9-14-10-25-16-8-6-5-7-15(14)16/h5-8,10-13,17-19,25,29H,9,24H2,1-4H3,(H,26,31)(H,27,32)(H,28,30)(H,33,34). The Morgan fingerprint density at radius 2 is 1.62 bits per heavy atom. The summed E-state index contributed by atoms with van der Waals surface area (Å²) >= 11 is 0. The summed E-state index contributed by atoms with van der Waals surface area (Å²) in [5.41, 5.74) is 7.15. The molecule has 11 nitrogen and oxygen atoms in total. The number of carboxylic acids is 1. The van der Waals surface area contributed by atoms with Crippen LogP contribution in [0.5, 0.6) is 0 Å². The molecule has 0 spiro atoms. The van der Waals surface area contributed by atoms with Gasteiger partial charge in [-0.3, -0.25) is 14.4 Å². The lowest BCUT2D eigenvalue weighted by atomic mass is 10.0. The van der Waals surface area contributed by atoms with Gasteiger partial charge in [-0.25, -0.2) is 4.79 Å². The van der Waals surface area contributed by atoms with Crippen molar-refractivity contribution in [3.05, 3.63) is 36.0 Å². The smallest absolute Gasteiger partial charge is 0.326 e. The number of hydrogen-bond donors (Lipinski definition) is 7. The lowest BCUT2D eigenvalue weighted by molar-refractivity contribution is -0.142. The molecule has 34 heavy (non-hydrogen) atoms. The Morgan fingerprint density at radius 1 is 0.971 bits per heavy atom. The average molecular weight is 476 g/mol. The number of aliphatic hydroxyl groups excluding tert-OH is 1. The molecule has 0 aliphatic rings. The molecule has 0 aliphatic carbocycles. The molecule has 0 radical (unpaired) electrons. The number of carbonyl (C=O) groups excluding carboxylic acids is 3. The maximum absolute atomic E-state index is 12.9. The van der Waals surface area contributed by atoms with Crippen LogP contribution < -0.4 is 21.7 Å². The van der Waals surface area contributed by atoms with Crippen LogP contribution >= 0.6 is 0 Å². The van der Waals surface area contributed by atoms with Gasteiger partial charge in [-0.2, -0.15) is 0 Å². The third kappa shape index (κ3) is 6.78. The fraction of sp³-hybridized carbons (Fsp3) is 0.478. The maximum atomic E-state index is 12.9. The summed E-state index contributed by atoms with van der Waals surface area (Å²) in [4.78, 5) is 52.5. The molecule has 5 unspecified atom stereocenters. The van der Waals surface area contributed by atoms with E-state index < -0.39 is 54.0 Å². The number of aromatic amines is 1. The van der Waals surface area contributed by atoms with Crippen LogP contribution in [0.4, 0.5) is 0 Å². The van der Waals surface area contributed by atoms with E-state index in [1.54, 1.807) is 20.0 Å². The van der Waals surface area contributed by atoms with Crippen LogP contribution in [-0.2, 0) is 25.6 Å². The molecule has 2 aromatic rings. The topological polar surface area (TPSA) is 187 Å². The van der Waals surface area contributed by atoms with Gasteiger partial charge in [0, 0.05) is 23.5 Å². The number of H-pyrrole nitrogens is 1. The van der Waals surface area contributed by atoms with E-state index in [1.807, 2.05) is 24.3 Å². The van der Waals surface area contributed by atoms with Crippen molar-refractivity contribution < 1.29 is 29.4 Å². The highest BCUT2D eigenvalue weighted by Crippen LogP contribution is 2.19. The Morgan fingerprint density at radius 3 is 2.21 bits per heavy atom. The van der Waals surface area contributed by atoms with Gasteiger partial charge in [0.2, 0.25) is 17.7 Å². The number of carboxylic acid groups (broad SMARTS) is 1. The van der Waals surface area contributed by atoms with E-state index in [0.29, 0.717) is 0 Å². The Bertz CT molecular complexity index is 1030. The van der Waals surface area contributed by atoms with Crippen molar-refractivity contribution in [3.63, 3.8) is 0 Å². The number of nitrogens with one attached hydrogen (secondary N) is 4. The van der Waals surface area contributed by atoms with Crippen molar-refractivity contribution in [2.75, 3.05) is 0 Å². The zero-order valence-electron chi connectivity index (χ0n) is 19.7. The highest BCUT2D eigenvalue weighted by molar-refractivity contribution is 5.94. The van der Waals surface area contributed by atoms with Crippen LogP contribution in [0.3, 0.4) is 0 Å². The quantitative estimate of drug-likeness (QED) is 0.231. The Balaban J connectivity index is 2.07. The zero-order valence-corrected chi connectivity index (χ0v) is 19.7. The van der Waals surface area contributed by atoms with Gasteiger partial charge >= 0.3 is 5.97 Å². The van der Waals surface area contributed by atoms with Crippen molar-refractivity contribution in [1.82, 2.24) is 20.9 Å². The minimum Gasteiger partial charge on any atom is -0.480 e. The second kappa shape index (κ2) is 11.6. The van der Waals surface area contributed by atoms with E-state index >= 15 is 0 Å². The van der Waals surface area contributed by atoms with Crippen LogP contribution in [0, 0.1) is 5.92 Å². The van der Waals surface area contributed by atoms with E-state index in [9.17, 15) is 29.4 Å². The molecule has 1 aromatic carbocycles. The van der Waals surface area contributed by atoms with Gasteiger partial charge in [-0.1, -0.05) is 32.0 Å². The molecule has 0 saturated heterocycles. The summed E-state index contributed by atoms with van der Waals surface area (Å²) in [5, 5.41) is 27.4. The highest BCUT2D eigenvalue weighted by Gasteiger charge is 2.31. The average Bonchev–Trinajstić information content (AvgIpc) is 3.18. The van der Waals surface area contributed by atoms with E-state index in [0.717, 1.165) is 16.5 Å². The number of aliphatic hydroxyl groups is 1. The molecule has 0 fully saturated rings. The molecular weight excluding hydrogens is 442 g/mol. The zero-order chi connectivity index (χ0) is 25.6. The first-order valence-electron chi connectivity index (χ1n) is 11.0. The Hall–Kier alpha value is -3.44. The maximum Gasteiger partial charge on any atom is 0.326 e. The molecule has 11 heteroatoms. The summed E-state index contributed by atoms with van der Waals surface area (Å²) in [5.74, 6) is -3.60. The van der Waals surface area contributed by atoms with Crippen LogP contribution in [0.25, 0.3) is 10.9 Å². The van der Waals surface area contributed by atoms with E-state index in [1.165, 1.54) is 13.8 Å². The van der Waals surface area contributed by atoms with Crippen molar-refractivity contribution >= 4 is 34.6 Å². The minimum atomic E-state index is -1.22. The van der Waals surface area contributed by atoms with Crippen LogP contribution in [0.15, 0.2) is 30.5 Å². The van der Waals surface area contributed by atoms with Crippen molar-refractivity contribution in [2.24, 2.45) is 11.7 Å². The Kier molecular flexibility index (Phi) is 9.16. The van der Waals surface area contributed by atoms with Gasteiger partial charge in [0.25, 0.3) is 0 Å². The highest BCUT2D eigenvalue weighted by atomic mass is 16.4. The predicted octanol–water partition coefficient (Wildman–Crippen LogP) is -0.367. The van der Waals surface area contributed by atoms with Gasteiger partial charge in [-0.15, -0.1) is 0 Å². The fourth-order valence-corrected chi connectivity index (χ4v) is 3.39. The van der Waals surface area contributed by atoms with E-state index in [4.69, 9.17) is 5.73 Å². The molecule has 8 N–H and O–H groups in total. The number of aromatic nitrogens is 1. The molecule has 1 aromatic heterocycles. The fourth-order valence-electron chi connectivity index (χ4n) is 3.39. The Labute approximate surface area is 197 Å². The number of benzene rings is 1. The largest absolute Gasteiger partial charge is 0.480 e. The second-order valence-electron chi connectivity index (χ2n) is 8.69. The summed E-state index contributed by atoms with van der Waals surface area (Å²) in [7, 11) is 0. The molecule has 0 bridgehead atoms. The number of hydrogen-bond acceptors (Lipinski definition) is 6. The summed E-state index contributed by atoms with van der Waals surface area (Å²) < 4.78 is 0. The molecular formula is C23H33N5O6. The predicted molar refractivity (Wildman–Crippen MR) is 126 cm³/mol. The van der Waals surface area contributed by atoms with Gasteiger partial charge < -0.3 is 36.9 Å². The third-order valence-electron chi connectivity index (χ3n) is 5.53. The lowest BCUT2D eigenvalue weighted by Crippen LogP contribution is -2.58. The molecule has 0 aliphatic heterocycles. The molecule has 1 heterocycles. The van der Waals surface area contributed by atoms with Gasteiger partial charge in [0.1, 0.15) is 24.2 Å². The van der Waals surface area contributed by atoms with Crippen LogP contribution in [-0.4, -0.2) is 69.2 Å². The normalized spacial score (nSPS) is 15.7. The van der Waals surface area contributed by atoms with Crippen LogP contribution in [0.1, 0.15) is 33.3 Å². The molecule has 2 rings (SSSR count). The number of nitrogens with two attached hydrogens (primary N) is 1. The number of aliphatic carboxylic acids is 1. The third-order valence-corrected chi connectivity index (χ3v) is 5.53. The number of para-hydroxylation sites is 1. The molecule has 0 saturated carbocycles. The summed E-state index contributed by atoms with van der Waals surface area (Å²) in [6.45, 7) is 6.16. The van der Waals surface area contributed by atoms with Gasteiger partial charge in [0.05, 0.1) is 6.10 Å². The number of fused-ring (bicyclic) bond motifs is 1. The molecule has 186 valence electrons. The molecule has 3 amide bonds. The number of rotatable bonds is 11. The monoisotopic (exact) mass is 475 g/mol. The van der Waals surface area contributed by atoms with Crippen molar-refractivity contribution in [2.45, 2.75) is 64.4 Å². The first-order chi connectivity index (χ1) is 15.9. The second-order valence-corrected chi connectivity index (χ2v) is 8.69. The lowest BCUT2D eigenvalue weighted by Gasteiger charge is -2.26. The number of amides is 3. The molecule has 5 atom stereocenters. The van der Waals surface area contributed by atoms with Crippen LogP contribution in [0.2, 0.25) is 0 Å². The summed E-state index contributed by atoms with van der Waals surface area (Å²) in [6.07, 6.45) is 0.652. The van der Waals surface area contributed by atoms with Gasteiger partial charge in [0.15, 0.2) is 0 Å². The summed E-state index contributed by atoms with van der Waals surface area (Å²) in [6, 6.07) is 2.92. The SMILES string of the molecule is CC(NC(=O)C(N)C(C)O)C(=O)NC(C(=O)NC(Cc1c[nH]c2ccccc12)C(=O)O)C(C)C. The van der Waals surface area contributed by atoms with Crippen molar-refractivity contribution in [3.8, 4) is 0 Å². The first kappa shape index (κ1) is 26.8. The number of carbonyl (C=O) groups is 4. The van der Waals surface area contributed by atoms with Crippen molar-refractivity contribution in [1.29, 1.82) is 0 Å². The van der Waals surface area contributed by atoms with E-state index in [-0.39, 0.29) is 12.3 Å².